The maximum Gasteiger partial charge on any atom is 0.332 e. The fourth-order valence-corrected chi connectivity index (χ4v) is 5.54. The van der Waals surface area contributed by atoms with Gasteiger partial charge in [-0.3, -0.25) is 14.5 Å². The molecule has 7 nitrogen and oxygen atoms in total. The molecule has 2 atom stereocenters. The number of halogens is 1. The van der Waals surface area contributed by atoms with Crippen molar-refractivity contribution < 1.29 is 18.8 Å². The molecule has 0 unspecified atom stereocenters. The van der Waals surface area contributed by atoms with E-state index in [0.717, 1.165) is 27.1 Å². The molecule has 0 radical (unpaired) electrons. The lowest BCUT2D eigenvalue weighted by Crippen LogP contribution is -2.44. The number of aromatic nitrogens is 1. The normalized spacial score (nSPS) is 18.7. The predicted molar refractivity (Wildman–Crippen MR) is 142 cm³/mol. The molecule has 3 heterocycles. The lowest BCUT2D eigenvalue weighted by atomic mass is 9.89. The highest BCUT2D eigenvalue weighted by Gasteiger charge is 2.53. The van der Waals surface area contributed by atoms with Gasteiger partial charge in [0.2, 0.25) is 0 Å². The number of fused-ring (bicyclic) bond motifs is 4. The van der Waals surface area contributed by atoms with Gasteiger partial charge in [0.05, 0.1) is 11.3 Å². The van der Waals surface area contributed by atoms with Gasteiger partial charge in [-0.25, -0.2) is 14.1 Å². The largest absolute Gasteiger partial charge is 0.356 e. The number of benzene rings is 3. The van der Waals surface area contributed by atoms with Gasteiger partial charge < -0.3 is 10.3 Å². The Kier molecular flexibility index (Phi) is 5.75. The number of nitrogens with one attached hydrogen (secondary N) is 2. The number of nitrogens with zero attached hydrogens (tertiary/aromatic N) is 2. The summed E-state index contributed by atoms with van der Waals surface area (Å²) in [6.45, 7) is 4.45. The van der Waals surface area contributed by atoms with Crippen LogP contribution in [0.4, 0.5) is 14.9 Å². The SMILES string of the molecule is CC(C)CNC(=O)c1ccccc1N1C(=O)[C@@H]2Cc3c([nH]c4ccccc34)[C@H](c3ccc(F)cc3)N2C1=O. The van der Waals surface area contributed by atoms with E-state index in [0.29, 0.717) is 18.5 Å². The number of para-hydroxylation sites is 2. The molecule has 3 aromatic carbocycles. The number of amides is 4. The minimum Gasteiger partial charge on any atom is -0.356 e. The lowest BCUT2D eigenvalue weighted by molar-refractivity contribution is -0.120. The van der Waals surface area contributed by atoms with Crippen LogP contribution in [0.2, 0.25) is 0 Å². The second kappa shape index (κ2) is 9.13. The molecule has 4 aromatic rings. The average molecular weight is 511 g/mol. The zero-order valence-electron chi connectivity index (χ0n) is 21.1. The minimum absolute atomic E-state index is 0.246. The zero-order valence-corrected chi connectivity index (χ0v) is 21.1. The van der Waals surface area contributed by atoms with Crippen molar-refractivity contribution in [2.24, 2.45) is 5.92 Å². The Labute approximate surface area is 219 Å². The van der Waals surface area contributed by atoms with Gasteiger partial charge in [0, 0.05) is 29.6 Å². The fourth-order valence-electron chi connectivity index (χ4n) is 5.54. The minimum atomic E-state index is -0.768. The first-order valence-corrected chi connectivity index (χ1v) is 12.7. The third-order valence-corrected chi connectivity index (χ3v) is 7.30. The zero-order chi connectivity index (χ0) is 26.6. The smallest absolute Gasteiger partial charge is 0.332 e. The van der Waals surface area contributed by atoms with Crippen LogP contribution in [0.15, 0.2) is 72.8 Å². The molecule has 8 heteroatoms. The topological polar surface area (TPSA) is 85.5 Å². The number of hydrogen-bond acceptors (Lipinski definition) is 3. The van der Waals surface area contributed by atoms with Crippen molar-refractivity contribution in [3.8, 4) is 0 Å². The summed E-state index contributed by atoms with van der Waals surface area (Å²) in [7, 11) is 0. The van der Waals surface area contributed by atoms with E-state index in [1.54, 1.807) is 41.3 Å². The number of H-pyrrole nitrogens is 1. The number of carbonyl (C=O) groups excluding carboxylic acids is 3. The molecule has 2 N–H and O–H groups in total. The van der Waals surface area contributed by atoms with Crippen molar-refractivity contribution in [2.75, 3.05) is 11.4 Å². The van der Waals surface area contributed by atoms with Crippen LogP contribution >= 0.6 is 0 Å². The Bertz CT molecular complexity index is 1580. The monoisotopic (exact) mass is 510 g/mol. The highest BCUT2D eigenvalue weighted by Crippen LogP contribution is 2.45. The van der Waals surface area contributed by atoms with E-state index < -0.39 is 18.1 Å². The van der Waals surface area contributed by atoms with Gasteiger partial charge in [-0.2, -0.15) is 0 Å². The van der Waals surface area contributed by atoms with Gasteiger partial charge >= 0.3 is 6.03 Å². The van der Waals surface area contributed by atoms with Crippen LogP contribution in [0.5, 0.6) is 0 Å². The van der Waals surface area contributed by atoms with Gasteiger partial charge in [0.15, 0.2) is 0 Å². The van der Waals surface area contributed by atoms with Crippen molar-refractivity contribution in [3.05, 3.63) is 101 Å². The van der Waals surface area contributed by atoms with E-state index in [2.05, 4.69) is 10.3 Å². The van der Waals surface area contributed by atoms with E-state index in [4.69, 9.17) is 0 Å². The number of aromatic amines is 1. The van der Waals surface area contributed by atoms with Crippen LogP contribution in [-0.2, 0) is 11.2 Å². The Balaban J connectivity index is 1.47. The van der Waals surface area contributed by atoms with Crippen molar-refractivity contribution in [3.63, 3.8) is 0 Å². The summed E-state index contributed by atoms with van der Waals surface area (Å²) in [5.41, 5.74) is 3.88. The molecule has 1 aromatic heterocycles. The molecular formula is C30H27FN4O3. The van der Waals surface area contributed by atoms with E-state index in [9.17, 15) is 18.8 Å². The average Bonchev–Trinajstić information content (AvgIpc) is 3.41. The summed E-state index contributed by atoms with van der Waals surface area (Å²) in [5.74, 6) is -0.867. The molecule has 0 spiro atoms. The van der Waals surface area contributed by atoms with E-state index in [1.165, 1.54) is 12.1 Å². The van der Waals surface area contributed by atoms with E-state index in [1.807, 2.05) is 38.1 Å². The van der Waals surface area contributed by atoms with Crippen molar-refractivity contribution >= 4 is 34.4 Å². The van der Waals surface area contributed by atoms with Crippen LogP contribution in [-0.4, -0.2) is 40.3 Å². The Morgan fingerprint density at radius 1 is 1.03 bits per heavy atom. The van der Waals surface area contributed by atoms with E-state index >= 15 is 0 Å². The second-order valence-electron chi connectivity index (χ2n) is 10.2. The number of anilines is 1. The van der Waals surface area contributed by atoms with Crippen molar-refractivity contribution in [1.82, 2.24) is 15.2 Å². The van der Waals surface area contributed by atoms with Crippen LogP contribution in [0.1, 0.15) is 47.1 Å². The number of hydrogen-bond donors (Lipinski definition) is 2. The number of imide groups is 1. The van der Waals surface area contributed by atoms with Gasteiger partial charge in [-0.1, -0.05) is 56.3 Å². The summed E-state index contributed by atoms with van der Waals surface area (Å²) < 4.78 is 13.9. The Morgan fingerprint density at radius 3 is 2.50 bits per heavy atom. The van der Waals surface area contributed by atoms with Crippen LogP contribution in [0.3, 0.4) is 0 Å². The quantitative estimate of drug-likeness (QED) is 0.363. The van der Waals surface area contributed by atoms with Crippen LogP contribution in [0.25, 0.3) is 10.9 Å². The summed E-state index contributed by atoms with van der Waals surface area (Å²) in [6.07, 6.45) is 0.333. The number of carbonyl (C=O) groups is 3. The maximum absolute atomic E-state index is 14.1. The first-order valence-electron chi connectivity index (χ1n) is 12.7. The maximum atomic E-state index is 14.1. The molecule has 4 amide bonds. The predicted octanol–water partition coefficient (Wildman–Crippen LogP) is 5.18. The van der Waals surface area contributed by atoms with Crippen molar-refractivity contribution in [1.29, 1.82) is 0 Å². The second-order valence-corrected chi connectivity index (χ2v) is 10.2. The summed E-state index contributed by atoms with van der Waals surface area (Å²) in [5, 5.41) is 3.87. The Hall–Kier alpha value is -4.46. The molecule has 0 aliphatic carbocycles. The fraction of sp³-hybridized carbons (Fsp3) is 0.233. The molecule has 2 aliphatic heterocycles. The summed E-state index contributed by atoms with van der Waals surface area (Å²) in [4.78, 5) is 47.2. The van der Waals surface area contributed by atoms with E-state index in [-0.39, 0.29) is 34.8 Å². The highest BCUT2D eigenvalue weighted by molar-refractivity contribution is 6.24. The Morgan fingerprint density at radius 2 is 1.74 bits per heavy atom. The molecular weight excluding hydrogens is 483 g/mol. The lowest BCUT2D eigenvalue weighted by Gasteiger charge is -2.36. The van der Waals surface area contributed by atoms with Crippen LogP contribution in [0, 0.1) is 11.7 Å². The highest BCUT2D eigenvalue weighted by atomic mass is 19.1. The molecule has 0 bridgehead atoms. The first-order chi connectivity index (χ1) is 18.3. The number of rotatable bonds is 5. The molecule has 38 heavy (non-hydrogen) atoms. The molecule has 192 valence electrons. The van der Waals surface area contributed by atoms with Crippen molar-refractivity contribution in [2.45, 2.75) is 32.4 Å². The van der Waals surface area contributed by atoms with Gasteiger partial charge in [0.25, 0.3) is 11.8 Å². The van der Waals surface area contributed by atoms with Crippen LogP contribution < -0.4 is 10.2 Å². The molecule has 6 rings (SSSR count). The van der Waals surface area contributed by atoms with Gasteiger partial charge in [-0.05, 0) is 47.4 Å². The first kappa shape index (κ1) is 23.9. The molecule has 1 fully saturated rings. The summed E-state index contributed by atoms with van der Waals surface area (Å²) in [6, 6.07) is 18.6. The van der Waals surface area contributed by atoms with Gasteiger partial charge in [-0.15, -0.1) is 0 Å². The molecule has 1 saturated heterocycles. The van der Waals surface area contributed by atoms with Gasteiger partial charge in [0.1, 0.15) is 17.9 Å². The third-order valence-electron chi connectivity index (χ3n) is 7.30. The molecule has 0 saturated carbocycles. The third kappa shape index (κ3) is 3.75. The number of urea groups is 1. The standard InChI is InChI=1S/C30H27FN4O3/c1-17(2)16-32-28(36)21-8-4-6-10-24(21)35-29(37)25-15-22-20-7-3-5-9-23(20)33-26(22)27(34(25)30(35)38)18-11-13-19(31)14-12-18/h3-14,17,25,27,33H,15-16H2,1-2H3,(H,32,36)/t25-,27-/m0/s1. The summed E-state index contributed by atoms with van der Waals surface area (Å²) >= 11 is 0. The molecule has 2 aliphatic rings.